The molecule has 0 aromatic heterocycles. The molecule has 17 heavy (non-hydrogen) atoms. The minimum atomic E-state index is -0.873. The standard InChI is InChI=1S/C11H12ClFN2O2/c1-2-5(10(14)16)8-7(13)4-3-6(9(8)12)11(15)17/h3-5H,2H2,1H3,(H2,14,16)(H2,15,17). The van der Waals surface area contributed by atoms with E-state index in [0.717, 1.165) is 6.07 Å². The van der Waals surface area contributed by atoms with Crippen molar-refractivity contribution in [1.82, 2.24) is 0 Å². The molecule has 2 amide bonds. The molecule has 4 nitrogen and oxygen atoms in total. The SMILES string of the molecule is CCC(C(N)=O)c1c(F)ccc(C(N)=O)c1Cl. The van der Waals surface area contributed by atoms with Crippen LogP contribution < -0.4 is 11.5 Å². The van der Waals surface area contributed by atoms with Gasteiger partial charge in [-0.2, -0.15) is 0 Å². The molecule has 6 heteroatoms. The molecule has 1 atom stereocenters. The number of benzene rings is 1. The van der Waals surface area contributed by atoms with E-state index in [4.69, 9.17) is 23.1 Å². The Labute approximate surface area is 103 Å². The maximum absolute atomic E-state index is 13.6. The Bertz CT molecular complexity index is 477. The number of halogens is 2. The van der Waals surface area contributed by atoms with Gasteiger partial charge in [0.1, 0.15) is 5.82 Å². The van der Waals surface area contributed by atoms with E-state index in [0.29, 0.717) is 0 Å². The topological polar surface area (TPSA) is 86.2 Å². The minimum absolute atomic E-state index is 0.0252. The first kappa shape index (κ1) is 13.4. The van der Waals surface area contributed by atoms with Crippen molar-refractivity contribution in [3.05, 3.63) is 34.1 Å². The van der Waals surface area contributed by atoms with Crippen LogP contribution in [0.15, 0.2) is 12.1 Å². The van der Waals surface area contributed by atoms with E-state index >= 15 is 0 Å². The lowest BCUT2D eigenvalue weighted by atomic mass is 9.93. The van der Waals surface area contributed by atoms with Gasteiger partial charge in [0, 0.05) is 5.56 Å². The zero-order valence-electron chi connectivity index (χ0n) is 9.17. The molecular formula is C11H12ClFN2O2. The monoisotopic (exact) mass is 258 g/mol. The molecule has 0 saturated heterocycles. The second-order valence-electron chi connectivity index (χ2n) is 3.55. The van der Waals surface area contributed by atoms with Crippen molar-refractivity contribution in [1.29, 1.82) is 0 Å². The second kappa shape index (κ2) is 5.14. The van der Waals surface area contributed by atoms with Crippen molar-refractivity contribution < 1.29 is 14.0 Å². The van der Waals surface area contributed by atoms with Gasteiger partial charge in [-0.05, 0) is 18.6 Å². The molecular weight excluding hydrogens is 247 g/mol. The highest BCUT2D eigenvalue weighted by atomic mass is 35.5. The summed E-state index contributed by atoms with van der Waals surface area (Å²) in [5.74, 6) is -3.03. The van der Waals surface area contributed by atoms with E-state index in [2.05, 4.69) is 0 Å². The fourth-order valence-corrected chi connectivity index (χ4v) is 2.00. The largest absolute Gasteiger partial charge is 0.369 e. The van der Waals surface area contributed by atoms with Crippen LogP contribution in [-0.2, 0) is 4.79 Å². The van der Waals surface area contributed by atoms with Crippen LogP contribution in [0.2, 0.25) is 5.02 Å². The van der Waals surface area contributed by atoms with E-state index in [1.54, 1.807) is 6.92 Å². The first-order chi connectivity index (χ1) is 7.90. The number of nitrogens with two attached hydrogens (primary N) is 2. The summed E-state index contributed by atoms with van der Waals surface area (Å²) in [6.45, 7) is 1.67. The van der Waals surface area contributed by atoms with E-state index < -0.39 is 23.5 Å². The predicted molar refractivity (Wildman–Crippen MR) is 62.2 cm³/mol. The molecule has 1 unspecified atom stereocenters. The summed E-state index contributed by atoms with van der Waals surface area (Å²) in [7, 11) is 0. The minimum Gasteiger partial charge on any atom is -0.369 e. The number of carbonyl (C=O) groups is 2. The molecule has 92 valence electrons. The molecule has 0 aliphatic heterocycles. The number of amides is 2. The summed E-state index contributed by atoms with van der Waals surface area (Å²) in [6.07, 6.45) is 0.286. The van der Waals surface area contributed by atoms with Crippen molar-refractivity contribution in [2.45, 2.75) is 19.3 Å². The average molecular weight is 259 g/mol. The van der Waals surface area contributed by atoms with Crippen LogP contribution in [-0.4, -0.2) is 11.8 Å². The molecule has 0 saturated carbocycles. The van der Waals surface area contributed by atoms with Gasteiger partial charge in [-0.3, -0.25) is 9.59 Å². The van der Waals surface area contributed by atoms with Crippen LogP contribution in [0.4, 0.5) is 4.39 Å². The summed E-state index contributed by atoms with van der Waals surface area (Å²) in [6, 6.07) is 2.23. The Kier molecular flexibility index (Phi) is 4.07. The second-order valence-corrected chi connectivity index (χ2v) is 3.93. The molecule has 0 aliphatic carbocycles. The van der Waals surface area contributed by atoms with Crippen LogP contribution in [0.3, 0.4) is 0 Å². The van der Waals surface area contributed by atoms with Crippen molar-refractivity contribution in [3.63, 3.8) is 0 Å². The lowest BCUT2D eigenvalue weighted by molar-refractivity contribution is -0.119. The highest BCUT2D eigenvalue weighted by molar-refractivity contribution is 6.34. The maximum atomic E-state index is 13.6. The van der Waals surface area contributed by atoms with E-state index in [-0.39, 0.29) is 22.6 Å². The lowest BCUT2D eigenvalue weighted by Crippen LogP contribution is -2.23. The van der Waals surface area contributed by atoms with Gasteiger partial charge in [-0.1, -0.05) is 18.5 Å². The van der Waals surface area contributed by atoms with Crippen LogP contribution in [0.5, 0.6) is 0 Å². The van der Waals surface area contributed by atoms with Gasteiger partial charge < -0.3 is 11.5 Å². The zero-order chi connectivity index (χ0) is 13.2. The third-order valence-electron chi connectivity index (χ3n) is 2.49. The molecule has 0 spiro atoms. The summed E-state index contributed by atoms with van der Waals surface area (Å²) < 4.78 is 13.6. The van der Waals surface area contributed by atoms with Gasteiger partial charge in [-0.25, -0.2) is 4.39 Å². The maximum Gasteiger partial charge on any atom is 0.250 e. The van der Waals surface area contributed by atoms with Gasteiger partial charge in [0.25, 0.3) is 0 Å². The number of hydrogen-bond acceptors (Lipinski definition) is 2. The van der Waals surface area contributed by atoms with E-state index in [1.807, 2.05) is 0 Å². The van der Waals surface area contributed by atoms with Crippen LogP contribution in [0.25, 0.3) is 0 Å². The first-order valence-corrected chi connectivity index (χ1v) is 5.34. The van der Waals surface area contributed by atoms with Crippen molar-refractivity contribution in [2.75, 3.05) is 0 Å². The highest BCUT2D eigenvalue weighted by Gasteiger charge is 2.25. The van der Waals surface area contributed by atoms with Crippen LogP contribution in [0.1, 0.15) is 35.2 Å². The number of hydrogen-bond donors (Lipinski definition) is 2. The van der Waals surface area contributed by atoms with E-state index in [9.17, 15) is 14.0 Å². The van der Waals surface area contributed by atoms with Crippen molar-refractivity contribution in [3.8, 4) is 0 Å². The summed E-state index contributed by atoms with van der Waals surface area (Å²) in [5.41, 5.74) is 10.2. The van der Waals surface area contributed by atoms with Crippen LogP contribution in [0, 0.1) is 5.82 Å². The summed E-state index contributed by atoms with van der Waals surface area (Å²) >= 11 is 5.88. The Hall–Kier alpha value is -1.62. The molecule has 1 aromatic carbocycles. The highest BCUT2D eigenvalue weighted by Crippen LogP contribution is 2.32. The Morgan fingerprint density at radius 2 is 2.00 bits per heavy atom. The Morgan fingerprint density at radius 1 is 1.41 bits per heavy atom. The smallest absolute Gasteiger partial charge is 0.250 e. The molecule has 1 rings (SSSR count). The summed E-state index contributed by atoms with van der Waals surface area (Å²) in [4.78, 5) is 22.3. The van der Waals surface area contributed by atoms with Gasteiger partial charge >= 0.3 is 0 Å². The molecule has 0 fully saturated rings. The Balaban J connectivity index is 3.45. The van der Waals surface area contributed by atoms with Gasteiger partial charge in [0.2, 0.25) is 11.8 Å². The van der Waals surface area contributed by atoms with Crippen molar-refractivity contribution >= 4 is 23.4 Å². The average Bonchev–Trinajstić information content (AvgIpc) is 2.22. The van der Waals surface area contributed by atoms with Crippen LogP contribution >= 0.6 is 11.6 Å². The Morgan fingerprint density at radius 3 is 2.41 bits per heavy atom. The van der Waals surface area contributed by atoms with Gasteiger partial charge in [0.15, 0.2) is 0 Å². The lowest BCUT2D eigenvalue weighted by Gasteiger charge is -2.15. The molecule has 0 aliphatic rings. The molecule has 0 bridgehead atoms. The van der Waals surface area contributed by atoms with Gasteiger partial charge in [-0.15, -0.1) is 0 Å². The number of rotatable bonds is 4. The van der Waals surface area contributed by atoms with E-state index in [1.165, 1.54) is 6.07 Å². The van der Waals surface area contributed by atoms with Crippen molar-refractivity contribution in [2.24, 2.45) is 11.5 Å². The third-order valence-corrected chi connectivity index (χ3v) is 2.90. The zero-order valence-corrected chi connectivity index (χ0v) is 9.92. The molecule has 1 aromatic rings. The quantitative estimate of drug-likeness (QED) is 0.859. The predicted octanol–water partition coefficient (Wildman–Crippen LogP) is 1.56. The third kappa shape index (κ3) is 2.55. The molecule has 0 heterocycles. The molecule has 0 radical (unpaired) electrons. The molecule has 4 N–H and O–H groups in total. The normalized spacial score (nSPS) is 12.2. The fraction of sp³-hybridized carbons (Fsp3) is 0.273. The fourth-order valence-electron chi connectivity index (χ4n) is 1.63. The number of primary amides is 2. The first-order valence-electron chi connectivity index (χ1n) is 4.97. The van der Waals surface area contributed by atoms with Gasteiger partial charge in [0.05, 0.1) is 16.5 Å². The summed E-state index contributed by atoms with van der Waals surface area (Å²) in [5, 5.41) is -0.150. The number of carbonyl (C=O) groups excluding carboxylic acids is 2.